The fraction of sp³-hybridized carbons (Fsp3) is 0.308. The Bertz CT molecular complexity index is 616. The third-order valence-electron chi connectivity index (χ3n) is 3.03. The topological polar surface area (TPSA) is 67.4 Å². The molecule has 1 heterocycles. The fourth-order valence-corrected chi connectivity index (χ4v) is 1.99. The molecule has 0 fully saturated rings. The van der Waals surface area contributed by atoms with E-state index >= 15 is 0 Å². The molecule has 0 saturated carbocycles. The maximum absolute atomic E-state index is 12.1. The standard InChI is InChI=1S/C13H17BN2O3/c1-10(2)16-7-6-15(13(16)17)9-11-4-3-5-12(8-11)14(18)19/h3-8,10,18-19H,9H2,1-2H3. The Morgan fingerprint density at radius 1 is 1.26 bits per heavy atom. The van der Waals surface area contributed by atoms with Crippen molar-refractivity contribution in [2.45, 2.75) is 26.4 Å². The molecule has 2 aromatic rings. The number of imidazole rings is 1. The van der Waals surface area contributed by atoms with E-state index in [0.29, 0.717) is 12.0 Å². The first-order valence-corrected chi connectivity index (χ1v) is 6.21. The van der Waals surface area contributed by atoms with Gasteiger partial charge in [-0.05, 0) is 24.9 Å². The van der Waals surface area contributed by atoms with E-state index in [2.05, 4.69) is 0 Å². The van der Waals surface area contributed by atoms with Gasteiger partial charge in [0.05, 0.1) is 6.54 Å². The van der Waals surface area contributed by atoms with Gasteiger partial charge in [0.25, 0.3) is 0 Å². The summed E-state index contributed by atoms with van der Waals surface area (Å²) in [6.07, 6.45) is 3.50. The molecule has 0 aliphatic carbocycles. The zero-order valence-electron chi connectivity index (χ0n) is 11.0. The molecule has 0 saturated heterocycles. The van der Waals surface area contributed by atoms with Crippen molar-refractivity contribution in [1.82, 2.24) is 9.13 Å². The maximum Gasteiger partial charge on any atom is 0.488 e. The van der Waals surface area contributed by atoms with Gasteiger partial charge in [-0.15, -0.1) is 0 Å². The highest BCUT2D eigenvalue weighted by Crippen LogP contribution is 2.03. The summed E-state index contributed by atoms with van der Waals surface area (Å²) in [6.45, 7) is 4.32. The summed E-state index contributed by atoms with van der Waals surface area (Å²) in [4.78, 5) is 12.1. The summed E-state index contributed by atoms with van der Waals surface area (Å²) in [5.74, 6) is 0. The van der Waals surface area contributed by atoms with Crippen LogP contribution in [0.1, 0.15) is 25.5 Å². The molecule has 0 spiro atoms. The third-order valence-corrected chi connectivity index (χ3v) is 3.03. The minimum absolute atomic E-state index is 0.0649. The van der Waals surface area contributed by atoms with Crippen LogP contribution in [-0.2, 0) is 6.54 Å². The van der Waals surface area contributed by atoms with Crippen molar-refractivity contribution in [3.05, 3.63) is 52.7 Å². The lowest BCUT2D eigenvalue weighted by atomic mass is 9.79. The number of hydrogen-bond acceptors (Lipinski definition) is 3. The smallest absolute Gasteiger partial charge is 0.423 e. The lowest BCUT2D eigenvalue weighted by molar-refractivity contribution is 0.425. The molecule has 0 bridgehead atoms. The van der Waals surface area contributed by atoms with Gasteiger partial charge < -0.3 is 10.0 Å². The Balaban J connectivity index is 2.27. The normalized spacial score (nSPS) is 11.0. The molecular formula is C13H17BN2O3. The van der Waals surface area contributed by atoms with Crippen molar-refractivity contribution in [2.75, 3.05) is 0 Å². The number of rotatable bonds is 4. The Hall–Kier alpha value is -1.79. The average Bonchev–Trinajstić information content (AvgIpc) is 2.71. The molecule has 5 nitrogen and oxygen atoms in total. The van der Waals surface area contributed by atoms with Crippen LogP contribution in [0.3, 0.4) is 0 Å². The molecule has 0 radical (unpaired) electrons. The van der Waals surface area contributed by atoms with Gasteiger partial charge in [-0.2, -0.15) is 0 Å². The van der Waals surface area contributed by atoms with E-state index in [1.807, 2.05) is 19.9 Å². The van der Waals surface area contributed by atoms with Crippen LogP contribution < -0.4 is 11.2 Å². The van der Waals surface area contributed by atoms with E-state index in [4.69, 9.17) is 10.0 Å². The molecule has 2 N–H and O–H groups in total. The second kappa shape index (κ2) is 5.46. The summed E-state index contributed by atoms with van der Waals surface area (Å²) < 4.78 is 3.26. The van der Waals surface area contributed by atoms with Gasteiger partial charge in [0.2, 0.25) is 0 Å². The van der Waals surface area contributed by atoms with Gasteiger partial charge in [0.1, 0.15) is 0 Å². The highest BCUT2D eigenvalue weighted by Gasteiger charge is 2.11. The van der Waals surface area contributed by atoms with Gasteiger partial charge in [-0.25, -0.2) is 4.79 Å². The molecule has 2 rings (SSSR count). The molecule has 0 atom stereocenters. The van der Waals surface area contributed by atoms with Crippen molar-refractivity contribution in [1.29, 1.82) is 0 Å². The van der Waals surface area contributed by atoms with Gasteiger partial charge in [-0.3, -0.25) is 9.13 Å². The highest BCUT2D eigenvalue weighted by atomic mass is 16.4. The first-order valence-electron chi connectivity index (χ1n) is 6.21. The van der Waals surface area contributed by atoms with Crippen LogP contribution in [0.25, 0.3) is 0 Å². The van der Waals surface area contributed by atoms with Crippen LogP contribution in [0.2, 0.25) is 0 Å². The molecule has 1 aromatic carbocycles. The minimum Gasteiger partial charge on any atom is -0.423 e. The highest BCUT2D eigenvalue weighted by molar-refractivity contribution is 6.58. The van der Waals surface area contributed by atoms with Crippen LogP contribution in [0, 0.1) is 0 Å². The average molecular weight is 260 g/mol. The van der Waals surface area contributed by atoms with E-state index < -0.39 is 7.12 Å². The summed E-state index contributed by atoms with van der Waals surface area (Å²) >= 11 is 0. The zero-order chi connectivity index (χ0) is 14.0. The second-order valence-corrected chi connectivity index (χ2v) is 4.83. The van der Waals surface area contributed by atoms with Crippen molar-refractivity contribution in [2.24, 2.45) is 0 Å². The third kappa shape index (κ3) is 2.97. The first kappa shape index (κ1) is 13.6. The van der Waals surface area contributed by atoms with Gasteiger partial charge in [-0.1, -0.05) is 24.3 Å². The predicted octanol–water partition coefficient (Wildman–Crippen LogP) is -0.0412. The molecule has 100 valence electrons. The summed E-state index contributed by atoms with van der Waals surface area (Å²) in [7, 11) is -1.49. The van der Waals surface area contributed by atoms with Crippen molar-refractivity contribution in [3.8, 4) is 0 Å². The quantitative estimate of drug-likeness (QED) is 0.758. The van der Waals surface area contributed by atoms with E-state index in [1.165, 1.54) is 0 Å². The molecule has 0 aliphatic heterocycles. The molecule has 6 heteroatoms. The fourth-order valence-electron chi connectivity index (χ4n) is 1.99. The van der Waals surface area contributed by atoms with Gasteiger partial charge >= 0.3 is 12.8 Å². The number of benzene rings is 1. The van der Waals surface area contributed by atoms with E-state index in [-0.39, 0.29) is 11.7 Å². The predicted molar refractivity (Wildman–Crippen MR) is 74.4 cm³/mol. The summed E-state index contributed by atoms with van der Waals surface area (Å²) in [5, 5.41) is 18.3. The van der Waals surface area contributed by atoms with E-state index in [0.717, 1.165) is 5.56 Å². The minimum atomic E-state index is -1.49. The molecule has 1 aromatic heterocycles. The second-order valence-electron chi connectivity index (χ2n) is 4.83. The monoisotopic (exact) mass is 260 g/mol. The number of hydrogen-bond donors (Lipinski definition) is 2. The van der Waals surface area contributed by atoms with E-state index in [1.54, 1.807) is 39.7 Å². The molecule has 0 amide bonds. The Labute approximate surface area is 111 Å². The summed E-state index contributed by atoms with van der Waals surface area (Å²) in [5.41, 5.74) is 1.22. The van der Waals surface area contributed by atoms with Gasteiger partial charge in [0, 0.05) is 18.4 Å². The van der Waals surface area contributed by atoms with Crippen molar-refractivity contribution in [3.63, 3.8) is 0 Å². The number of nitrogens with zero attached hydrogens (tertiary/aromatic N) is 2. The van der Waals surface area contributed by atoms with Crippen LogP contribution in [0.5, 0.6) is 0 Å². The molecule has 0 unspecified atom stereocenters. The van der Waals surface area contributed by atoms with Crippen molar-refractivity contribution < 1.29 is 10.0 Å². The Morgan fingerprint density at radius 3 is 2.58 bits per heavy atom. The van der Waals surface area contributed by atoms with Crippen molar-refractivity contribution >= 4 is 12.6 Å². The molecule has 0 aliphatic rings. The van der Waals surface area contributed by atoms with Crippen LogP contribution in [0.4, 0.5) is 0 Å². The summed E-state index contributed by atoms with van der Waals surface area (Å²) in [6, 6.07) is 7.04. The SMILES string of the molecule is CC(C)n1ccn(Cc2cccc(B(O)O)c2)c1=O. The van der Waals surface area contributed by atoms with Crippen LogP contribution in [0.15, 0.2) is 41.5 Å². The number of aromatic nitrogens is 2. The van der Waals surface area contributed by atoms with Crippen LogP contribution >= 0.6 is 0 Å². The van der Waals surface area contributed by atoms with Gasteiger partial charge in [0.15, 0.2) is 0 Å². The largest absolute Gasteiger partial charge is 0.488 e. The zero-order valence-corrected chi connectivity index (χ0v) is 11.0. The maximum atomic E-state index is 12.1. The Kier molecular flexibility index (Phi) is 3.92. The first-order chi connectivity index (χ1) is 8.99. The molecule has 19 heavy (non-hydrogen) atoms. The molecular weight excluding hydrogens is 243 g/mol. The lowest BCUT2D eigenvalue weighted by Crippen LogP contribution is -2.30. The van der Waals surface area contributed by atoms with Crippen LogP contribution in [-0.4, -0.2) is 26.3 Å². The lowest BCUT2D eigenvalue weighted by Gasteiger charge is -2.06. The Morgan fingerprint density at radius 2 is 2.00 bits per heavy atom. The van der Waals surface area contributed by atoms with E-state index in [9.17, 15) is 4.79 Å².